The number of carbonyl (C=O) groups excluding carboxylic acids is 1. The highest BCUT2D eigenvalue weighted by Crippen LogP contribution is 2.19. The average Bonchev–Trinajstić information content (AvgIpc) is 2.51. The van der Waals surface area contributed by atoms with Crippen molar-refractivity contribution in [3.8, 4) is 0 Å². The topological polar surface area (TPSA) is 61.4 Å². The Bertz CT molecular complexity index is 669. The van der Waals surface area contributed by atoms with Crippen molar-refractivity contribution in [2.24, 2.45) is 0 Å². The predicted octanol–water partition coefficient (Wildman–Crippen LogP) is 2.84. The molecule has 23 heavy (non-hydrogen) atoms. The van der Waals surface area contributed by atoms with Gasteiger partial charge in [0.2, 0.25) is 0 Å². The van der Waals surface area contributed by atoms with E-state index in [9.17, 15) is 14.3 Å². The van der Waals surface area contributed by atoms with Crippen LogP contribution in [0.25, 0.3) is 0 Å². The van der Waals surface area contributed by atoms with Gasteiger partial charge in [0.15, 0.2) is 0 Å². The van der Waals surface area contributed by atoms with E-state index in [0.29, 0.717) is 12.1 Å². The second kappa shape index (κ2) is 7.24. The summed E-state index contributed by atoms with van der Waals surface area (Å²) in [5.74, 6) is -0.367. The number of benzene rings is 2. The van der Waals surface area contributed by atoms with Gasteiger partial charge in [0.05, 0.1) is 6.54 Å². The van der Waals surface area contributed by atoms with E-state index in [-0.39, 0.29) is 18.4 Å². The molecule has 1 unspecified atom stereocenters. The van der Waals surface area contributed by atoms with E-state index in [1.54, 1.807) is 6.92 Å². The van der Waals surface area contributed by atoms with Gasteiger partial charge in [-0.05, 0) is 37.1 Å². The molecule has 2 amide bonds. The summed E-state index contributed by atoms with van der Waals surface area (Å²) in [7, 11) is 0. The number of nitrogens with one attached hydrogen (secondary N) is 2. The van der Waals surface area contributed by atoms with Crippen LogP contribution in [0.4, 0.5) is 9.18 Å². The molecule has 2 rings (SSSR count). The Balaban J connectivity index is 1.84. The van der Waals surface area contributed by atoms with Gasteiger partial charge in [0.25, 0.3) is 0 Å². The van der Waals surface area contributed by atoms with Gasteiger partial charge in [-0.2, -0.15) is 0 Å². The Morgan fingerprint density at radius 2 is 1.87 bits per heavy atom. The van der Waals surface area contributed by atoms with Crippen LogP contribution in [-0.2, 0) is 12.1 Å². The number of amides is 2. The predicted molar refractivity (Wildman–Crippen MR) is 87.4 cm³/mol. The first-order valence-corrected chi connectivity index (χ1v) is 7.42. The Hall–Kier alpha value is -2.40. The van der Waals surface area contributed by atoms with Crippen LogP contribution in [0.3, 0.4) is 0 Å². The first-order valence-electron chi connectivity index (χ1n) is 7.42. The minimum absolute atomic E-state index is 0.0261. The van der Waals surface area contributed by atoms with Gasteiger partial charge in [0.1, 0.15) is 11.4 Å². The molecule has 0 aliphatic carbocycles. The van der Waals surface area contributed by atoms with Crippen LogP contribution in [-0.4, -0.2) is 17.7 Å². The van der Waals surface area contributed by atoms with Crippen molar-refractivity contribution in [2.45, 2.75) is 26.0 Å². The lowest BCUT2D eigenvalue weighted by atomic mass is 9.96. The van der Waals surface area contributed by atoms with E-state index < -0.39 is 5.60 Å². The Morgan fingerprint density at radius 3 is 2.52 bits per heavy atom. The summed E-state index contributed by atoms with van der Waals surface area (Å²) < 4.78 is 12.9. The maximum atomic E-state index is 12.9. The molecular weight excluding hydrogens is 295 g/mol. The van der Waals surface area contributed by atoms with E-state index in [1.165, 1.54) is 24.3 Å². The fraction of sp³-hybridized carbons (Fsp3) is 0.278. The normalized spacial score (nSPS) is 13.2. The number of hydrogen-bond acceptors (Lipinski definition) is 2. The smallest absolute Gasteiger partial charge is 0.315 e. The van der Waals surface area contributed by atoms with Crippen LogP contribution < -0.4 is 10.6 Å². The first-order chi connectivity index (χ1) is 10.9. The van der Waals surface area contributed by atoms with Crippen molar-refractivity contribution in [3.05, 3.63) is 71.0 Å². The van der Waals surface area contributed by atoms with Crippen LogP contribution in [0.15, 0.2) is 48.5 Å². The molecule has 0 aliphatic rings. The molecule has 122 valence electrons. The van der Waals surface area contributed by atoms with Gasteiger partial charge in [-0.15, -0.1) is 0 Å². The van der Waals surface area contributed by atoms with E-state index in [4.69, 9.17) is 0 Å². The first kappa shape index (κ1) is 17.0. The third-order valence-electron chi connectivity index (χ3n) is 3.59. The quantitative estimate of drug-likeness (QED) is 0.794. The molecule has 0 saturated carbocycles. The zero-order chi connectivity index (χ0) is 16.9. The minimum atomic E-state index is -1.27. The number of carbonyl (C=O) groups is 1. The number of halogens is 1. The zero-order valence-electron chi connectivity index (χ0n) is 13.3. The molecule has 5 heteroatoms. The number of rotatable bonds is 5. The van der Waals surface area contributed by atoms with E-state index in [1.807, 2.05) is 31.2 Å². The van der Waals surface area contributed by atoms with Crippen molar-refractivity contribution in [2.75, 3.05) is 6.54 Å². The Kier molecular flexibility index (Phi) is 5.34. The third kappa shape index (κ3) is 5.07. The number of aryl methyl sites for hydroxylation is 1. The number of urea groups is 1. The molecule has 0 radical (unpaired) electrons. The van der Waals surface area contributed by atoms with Gasteiger partial charge in [-0.25, -0.2) is 9.18 Å². The summed E-state index contributed by atoms with van der Waals surface area (Å²) in [5.41, 5.74) is 1.40. The van der Waals surface area contributed by atoms with Crippen LogP contribution >= 0.6 is 0 Å². The highest BCUT2D eigenvalue weighted by Gasteiger charge is 2.23. The van der Waals surface area contributed by atoms with Crippen molar-refractivity contribution in [1.82, 2.24) is 10.6 Å². The highest BCUT2D eigenvalue weighted by molar-refractivity contribution is 5.73. The van der Waals surface area contributed by atoms with Gasteiger partial charge < -0.3 is 15.7 Å². The molecule has 4 nitrogen and oxygen atoms in total. The third-order valence-corrected chi connectivity index (χ3v) is 3.59. The number of aliphatic hydroxyl groups is 1. The Labute approximate surface area is 135 Å². The molecule has 0 saturated heterocycles. The second-order valence-corrected chi connectivity index (χ2v) is 5.81. The summed E-state index contributed by atoms with van der Waals surface area (Å²) in [4.78, 5) is 11.8. The molecule has 2 aromatic carbocycles. The van der Waals surface area contributed by atoms with Gasteiger partial charge in [0, 0.05) is 6.54 Å². The fourth-order valence-electron chi connectivity index (χ4n) is 2.23. The molecule has 0 aromatic heterocycles. The van der Waals surface area contributed by atoms with Crippen molar-refractivity contribution < 1.29 is 14.3 Å². The average molecular weight is 316 g/mol. The summed E-state index contributed by atoms with van der Waals surface area (Å²) in [5, 5.41) is 15.7. The fourth-order valence-corrected chi connectivity index (χ4v) is 2.23. The molecule has 0 spiro atoms. The lowest BCUT2D eigenvalue weighted by Gasteiger charge is -2.24. The van der Waals surface area contributed by atoms with Gasteiger partial charge >= 0.3 is 6.03 Å². The monoisotopic (exact) mass is 316 g/mol. The highest BCUT2D eigenvalue weighted by atomic mass is 19.1. The maximum Gasteiger partial charge on any atom is 0.315 e. The molecule has 1 atom stereocenters. The molecule has 0 heterocycles. The Morgan fingerprint density at radius 1 is 1.17 bits per heavy atom. The molecule has 0 bridgehead atoms. The SMILES string of the molecule is Cc1cccc(CNC(=O)NCC(C)(O)c2ccc(F)cc2)c1. The molecule has 3 N–H and O–H groups in total. The summed E-state index contributed by atoms with van der Waals surface area (Å²) >= 11 is 0. The van der Waals surface area contributed by atoms with Crippen LogP contribution in [0.2, 0.25) is 0 Å². The van der Waals surface area contributed by atoms with E-state index in [0.717, 1.165) is 11.1 Å². The molecule has 0 fully saturated rings. The zero-order valence-corrected chi connectivity index (χ0v) is 13.3. The van der Waals surface area contributed by atoms with E-state index in [2.05, 4.69) is 10.6 Å². The summed E-state index contributed by atoms with van der Waals surface area (Å²) in [6.07, 6.45) is 0. The van der Waals surface area contributed by atoms with Crippen molar-refractivity contribution in [1.29, 1.82) is 0 Å². The molecule has 0 aliphatic heterocycles. The lowest BCUT2D eigenvalue weighted by Crippen LogP contribution is -2.43. The summed E-state index contributed by atoms with van der Waals surface area (Å²) in [6, 6.07) is 13.0. The van der Waals surface area contributed by atoms with Crippen molar-refractivity contribution >= 4 is 6.03 Å². The van der Waals surface area contributed by atoms with Crippen LogP contribution in [0, 0.1) is 12.7 Å². The standard InChI is InChI=1S/C18H21FN2O2/c1-13-4-3-5-14(10-13)11-20-17(22)21-12-18(2,23)15-6-8-16(19)9-7-15/h3-10,23H,11-12H2,1-2H3,(H2,20,21,22). The second-order valence-electron chi connectivity index (χ2n) is 5.81. The van der Waals surface area contributed by atoms with Crippen LogP contribution in [0.1, 0.15) is 23.6 Å². The van der Waals surface area contributed by atoms with Gasteiger partial charge in [-0.3, -0.25) is 0 Å². The van der Waals surface area contributed by atoms with Gasteiger partial charge in [-0.1, -0.05) is 42.0 Å². The van der Waals surface area contributed by atoms with Crippen molar-refractivity contribution in [3.63, 3.8) is 0 Å². The summed E-state index contributed by atoms with van der Waals surface area (Å²) in [6.45, 7) is 4.00. The number of hydrogen-bond donors (Lipinski definition) is 3. The minimum Gasteiger partial charge on any atom is -0.384 e. The largest absolute Gasteiger partial charge is 0.384 e. The maximum absolute atomic E-state index is 12.9. The molecule has 2 aromatic rings. The van der Waals surface area contributed by atoms with E-state index >= 15 is 0 Å². The lowest BCUT2D eigenvalue weighted by molar-refractivity contribution is 0.0593. The van der Waals surface area contributed by atoms with Crippen LogP contribution in [0.5, 0.6) is 0 Å². The molecular formula is C18H21FN2O2.